The molecule has 0 bridgehead atoms. The van der Waals surface area contributed by atoms with Crippen molar-refractivity contribution in [3.63, 3.8) is 0 Å². The van der Waals surface area contributed by atoms with E-state index in [0.717, 1.165) is 25.6 Å². The summed E-state index contributed by atoms with van der Waals surface area (Å²) in [6.07, 6.45) is 9.62. The van der Waals surface area contributed by atoms with Crippen LogP contribution in [0.4, 0.5) is 0 Å². The zero-order valence-corrected chi connectivity index (χ0v) is 16.1. The third-order valence-electron chi connectivity index (χ3n) is 4.89. The molecule has 4 nitrogen and oxygen atoms in total. The molecule has 1 saturated heterocycles. The second-order valence-corrected chi connectivity index (χ2v) is 6.77. The summed E-state index contributed by atoms with van der Waals surface area (Å²) in [5.41, 5.74) is 0.477. The fraction of sp³-hybridized carbons (Fsp3) is 0.938. The Morgan fingerprint density at radius 1 is 1.05 bits per heavy atom. The van der Waals surface area contributed by atoms with E-state index in [9.17, 15) is 0 Å². The monoisotopic (exact) mass is 408 g/mol. The Labute approximate surface area is 147 Å². The summed E-state index contributed by atoms with van der Waals surface area (Å²) in [5, 5.41) is 6.97. The SMILES string of the molecule is CN=C(NCCN1CCCCC1)NCC1(C)CCCC1.I. The van der Waals surface area contributed by atoms with Gasteiger partial charge in [0.15, 0.2) is 5.96 Å². The molecular weight excluding hydrogens is 375 g/mol. The van der Waals surface area contributed by atoms with E-state index in [-0.39, 0.29) is 24.0 Å². The fourth-order valence-electron chi connectivity index (χ4n) is 3.44. The Kier molecular flexibility index (Phi) is 8.94. The maximum absolute atomic E-state index is 4.34. The molecule has 0 unspecified atom stereocenters. The van der Waals surface area contributed by atoms with Crippen LogP contribution in [0.15, 0.2) is 4.99 Å². The van der Waals surface area contributed by atoms with Crippen LogP contribution in [-0.4, -0.2) is 50.6 Å². The number of guanidine groups is 1. The van der Waals surface area contributed by atoms with Crippen LogP contribution in [0.5, 0.6) is 0 Å². The zero-order chi connectivity index (χ0) is 14.3. The smallest absolute Gasteiger partial charge is 0.191 e. The molecule has 0 radical (unpaired) electrons. The summed E-state index contributed by atoms with van der Waals surface area (Å²) >= 11 is 0. The number of hydrogen-bond donors (Lipinski definition) is 2. The van der Waals surface area contributed by atoms with Gasteiger partial charge < -0.3 is 15.5 Å². The molecule has 2 rings (SSSR count). The van der Waals surface area contributed by atoms with Gasteiger partial charge in [-0.15, -0.1) is 24.0 Å². The first kappa shape index (κ1) is 19.0. The Hall–Kier alpha value is -0.0400. The van der Waals surface area contributed by atoms with Crippen molar-refractivity contribution in [2.24, 2.45) is 10.4 Å². The number of aliphatic imine (C=N–C) groups is 1. The van der Waals surface area contributed by atoms with Crippen LogP contribution >= 0.6 is 24.0 Å². The number of hydrogen-bond acceptors (Lipinski definition) is 2. The van der Waals surface area contributed by atoms with E-state index in [1.165, 1.54) is 58.0 Å². The van der Waals surface area contributed by atoms with Crippen molar-refractivity contribution in [3.8, 4) is 0 Å². The van der Waals surface area contributed by atoms with Gasteiger partial charge in [-0.2, -0.15) is 0 Å². The largest absolute Gasteiger partial charge is 0.356 e. The number of rotatable bonds is 5. The Balaban J connectivity index is 0.00000220. The van der Waals surface area contributed by atoms with Gasteiger partial charge in [0.2, 0.25) is 0 Å². The van der Waals surface area contributed by atoms with Crippen molar-refractivity contribution in [1.29, 1.82) is 0 Å². The van der Waals surface area contributed by atoms with Crippen LogP contribution in [-0.2, 0) is 0 Å². The standard InChI is InChI=1S/C16H32N4.HI/c1-16(8-4-5-9-16)14-19-15(17-2)18-10-13-20-11-6-3-7-12-20;/h3-14H2,1-2H3,(H2,17,18,19);1H. The normalized spacial score (nSPS) is 22.7. The van der Waals surface area contributed by atoms with Gasteiger partial charge in [0.1, 0.15) is 0 Å². The first-order valence-corrected chi connectivity index (χ1v) is 8.39. The van der Waals surface area contributed by atoms with Crippen LogP contribution in [0, 0.1) is 5.41 Å². The molecule has 1 saturated carbocycles. The molecular formula is C16H33IN4. The third-order valence-corrected chi connectivity index (χ3v) is 4.89. The number of likely N-dealkylation sites (tertiary alicyclic amines) is 1. The summed E-state index contributed by atoms with van der Waals surface area (Å²) in [4.78, 5) is 6.90. The molecule has 1 aliphatic carbocycles. The van der Waals surface area contributed by atoms with Gasteiger partial charge in [-0.05, 0) is 44.2 Å². The number of nitrogens with one attached hydrogen (secondary N) is 2. The highest BCUT2D eigenvalue weighted by Crippen LogP contribution is 2.36. The molecule has 5 heteroatoms. The molecule has 124 valence electrons. The second-order valence-electron chi connectivity index (χ2n) is 6.77. The Morgan fingerprint density at radius 2 is 1.71 bits per heavy atom. The van der Waals surface area contributed by atoms with E-state index in [4.69, 9.17) is 0 Å². The Morgan fingerprint density at radius 3 is 2.33 bits per heavy atom. The first-order chi connectivity index (χ1) is 9.72. The molecule has 2 N–H and O–H groups in total. The molecule has 0 spiro atoms. The van der Waals surface area contributed by atoms with Crippen LogP contribution in [0.25, 0.3) is 0 Å². The minimum absolute atomic E-state index is 0. The molecule has 0 aromatic carbocycles. The maximum Gasteiger partial charge on any atom is 0.191 e. The van der Waals surface area contributed by atoms with Crippen LogP contribution < -0.4 is 10.6 Å². The predicted octanol–water partition coefficient (Wildman–Crippen LogP) is 2.84. The summed E-state index contributed by atoms with van der Waals surface area (Å²) in [6.45, 7) is 8.12. The summed E-state index contributed by atoms with van der Waals surface area (Å²) < 4.78 is 0. The topological polar surface area (TPSA) is 39.7 Å². The second kappa shape index (κ2) is 9.87. The van der Waals surface area contributed by atoms with Crippen molar-refractivity contribution in [1.82, 2.24) is 15.5 Å². The quantitative estimate of drug-likeness (QED) is 0.418. The van der Waals surface area contributed by atoms with Gasteiger partial charge in [0.25, 0.3) is 0 Å². The number of halogens is 1. The summed E-state index contributed by atoms with van der Waals surface area (Å²) in [5.74, 6) is 0.968. The van der Waals surface area contributed by atoms with E-state index >= 15 is 0 Å². The number of piperidine rings is 1. The van der Waals surface area contributed by atoms with Crippen LogP contribution in [0.1, 0.15) is 51.9 Å². The minimum atomic E-state index is 0. The lowest BCUT2D eigenvalue weighted by Crippen LogP contribution is -2.45. The Bertz CT molecular complexity index is 307. The lowest BCUT2D eigenvalue weighted by atomic mass is 9.89. The molecule has 0 amide bonds. The minimum Gasteiger partial charge on any atom is -0.356 e. The highest BCUT2D eigenvalue weighted by molar-refractivity contribution is 14.0. The van der Waals surface area contributed by atoms with Crippen molar-refractivity contribution in [2.45, 2.75) is 51.9 Å². The predicted molar refractivity (Wildman–Crippen MR) is 102 cm³/mol. The molecule has 1 aliphatic heterocycles. The highest BCUT2D eigenvalue weighted by atomic mass is 127. The summed E-state index contributed by atoms with van der Waals surface area (Å²) in [7, 11) is 1.87. The van der Waals surface area contributed by atoms with Gasteiger partial charge in [-0.1, -0.05) is 26.2 Å². The van der Waals surface area contributed by atoms with Crippen LogP contribution in [0.2, 0.25) is 0 Å². The zero-order valence-electron chi connectivity index (χ0n) is 13.8. The molecule has 2 fully saturated rings. The molecule has 0 atom stereocenters. The lowest BCUT2D eigenvalue weighted by Gasteiger charge is -2.27. The van der Waals surface area contributed by atoms with Gasteiger partial charge in [-0.3, -0.25) is 4.99 Å². The van der Waals surface area contributed by atoms with Gasteiger partial charge >= 0.3 is 0 Å². The van der Waals surface area contributed by atoms with Crippen molar-refractivity contribution < 1.29 is 0 Å². The average Bonchev–Trinajstić information content (AvgIpc) is 2.91. The first-order valence-electron chi connectivity index (χ1n) is 8.39. The molecule has 21 heavy (non-hydrogen) atoms. The molecule has 1 heterocycles. The van der Waals surface area contributed by atoms with Crippen molar-refractivity contribution in [2.75, 3.05) is 39.8 Å². The fourth-order valence-corrected chi connectivity index (χ4v) is 3.44. The maximum atomic E-state index is 4.34. The lowest BCUT2D eigenvalue weighted by molar-refractivity contribution is 0.232. The van der Waals surface area contributed by atoms with Gasteiger partial charge in [-0.25, -0.2) is 0 Å². The van der Waals surface area contributed by atoms with E-state index in [1.807, 2.05) is 7.05 Å². The molecule has 0 aromatic rings. The average molecular weight is 408 g/mol. The van der Waals surface area contributed by atoms with Crippen LogP contribution in [0.3, 0.4) is 0 Å². The van der Waals surface area contributed by atoms with Crippen molar-refractivity contribution >= 4 is 29.9 Å². The summed E-state index contributed by atoms with van der Waals surface area (Å²) in [6, 6.07) is 0. The van der Waals surface area contributed by atoms with Gasteiger partial charge in [0.05, 0.1) is 0 Å². The van der Waals surface area contributed by atoms with Gasteiger partial charge in [0, 0.05) is 26.7 Å². The molecule has 2 aliphatic rings. The van der Waals surface area contributed by atoms with E-state index in [1.54, 1.807) is 0 Å². The van der Waals surface area contributed by atoms with E-state index < -0.39 is 0 Å². The van der Waals surface area contributed by atoms with E-state index in [2.05, 4.69) is 27.4 Å². The molecule has 0 aromatic heterocycles. The number of nitrogens with zero attached hydrogens (tertiary/aromatic N) is 2. The van der Waals surface area contributed by atoms with E-state index in [0.29, 0.717) is 5.41 Å². The highest BCUT2D eigenvalue weighted by Gasteiger charge is 2.28. The third kappa shape index (κ3) is 6.72. The van der Waals surface area contributed by atoms with Crippen molar-refractivity contribution in [3.05, 3.63) is 0 Å².